The van der Waals surface area contributed by atoms with Gasteiger partial charge in [-0.05, 0) is 64.1 Å². The van der Waals surface area contributed by atoms with Gasteiger partial charge in [0, 0.05) is 18.3 Å². The normalized spacial score (nSPS) is 15.2. The van der Waals surface area contributed by atoms with Crippen molar-refractivity contribution in [1.82, 2.24) is 0 Å². The molecule has 0 atom stereocenters. The van der Waals surface area contributed by atoms with E-state index < -0.39 is 0 Å². The Labute approximate surface area is 111 Å². The minimum absolute atomic E-state index is 0.560. The summed E-state index contributed by atoms with van der Waals surface area (Å²) in [5, 5.41) is 0. The molecule has 0 spiro atoms. The molecule has 0 amide bonds. The lowest BCUT2D eigenvalue weighted by Gasteiger charge is -2.31. The lowest BCUT2D eigenvalue weighted by atomic mass is 10.0. The van der Waals surface area contributed by atoms with Crippen LogP contribution in [0.25, 0.3) is 0 Å². The topological polar surface area (TPSA) is 29.3 Å². The SMILES string of the molecule is Cc1ccc(N(CC2CC2)C(C)C)c(CCN)c1. The van der Waals surface area contributed by atoms with Crippen LogP contribution in [0.2, 0.25) is 0 Å². The standard InChI is InChI=1S/C16H26N2/c1-12(2)18(11-14-5-6-14)16-7-4-13(3)10-15(16)8-9-17/h4,7,10,12,14H,5-6,8-9,11,17H2,1-3H3. The molecule has 1 fully saturated rings. The molecule has 0 aliphatic heterocycles. The molecule has 2 rings (SSSR count). The van der Waals surface area contributed by atoms with Crippen LogP contribution in [0, 0.1) is 12.8 Å². The van der Waals surface area contributed by atoms with E-state index in [4.69, 9.17) is 5.73 Å². The molecule has 18 heavy (non-hydrogen) atoms. The Balaban J connectivity index is 2.26. The molecule has 2 nitrogen and oxygen atoms in total. The minimum atomic E-state index is 0.560. The zero-order valence-electron chi connectivity index (χ0n) is 11.9. The number of nitrogens with two attached hydrogens (primary N) is 1. The highest BCUT2D eigenvalue weighted by Gasteiger charge is 2.26. The summed E-state index contributed by atoms with van der Waals surface area (Å²) in [5.41, 5.74) is 9.89. The molecule has 0 bridgehead atoms. The van der Waals surface area contributed by atoms with E-state index in [1.807, 2.05) is 0 Å². The highest BCUT2D eigenvalue weighted by molar-refractivity contribution is 5.56. The summed E-state index contributed by atoms with van der Waals surface area (Å²) >= 11 is 0. The number of nitrogens with zero attached hydrogens (tertiary/aromatic N) is 1. The molecule has 1 aromatic carbocycles. The van der Waals surface area contributed by atoms with Gasteiger partial charge in [-0.1, -0.05) is 17.7 Å². The van der Waals surface area contributed by atoms with E-state index in [9.17, 15) is 0 Å². The lowest BCUT2D eigenvalue weighted by molar-refractivity contribution is 0.641. The van der Waals surface area contributed by atoms with Gasteiger partial charge in [0.05, 0.1) is 0 Å². The predicted molar refractivity (Wildman–Crippen MR) is 79.1 cm³/mol. The van der Waals surface area contributed by atoms with Crippen LogP contribution in [0.1, 0.15) is 37.8 Å². The first-order valence-corrected chi connectivity index (χ1v) is 7.18. The average molecular weight is 246 g/mol. The van der Waals surface area contributed by atoms with Crippen molar-refractivity contribution in [3.05, 3.63) is 29.3 Å². The van der Waals surface area contributed by atoms with E-state index in [0.29, 0.717) is 6.04 Å². The van der Waals surface area contributed by atoms with Crippen molar-refractivity contribution in [2.45, 2.75) is 46.1 Å². The van der Waals surface area contributed by atoms with E-state index >= 15 is 0 Å². The summed E-state index contributed by atoms with van der Waals surface area (Å²) in [6.45, 7) is 8.66. The zero-order chi connectivity index (χ0) is 13.1. The number of benzene rings is 1. The number of aryl methyl sites for hydroxylation is 1. The zero-order valence-corrected chi connectivity index (χ0v) is 11.9. The largest absolute Gasteiger partial charge is 0.369 e. The highest BCUT2D eigenvalue weighted by atomic mass is 15.2. The quantitative estimate of drug-likeness (QED) is 0.835. The molecule has 0 radical (unpaired) electrons. The van der Waals surface area contributed by atoms with Crippen LogP contribution in [0.15, 0.2) is 18.2 Å². The summed E-state index contributed by atoms with van der Waals surface area (Å²) in [5.74, 6) is 0.916. The van der Waals surface area contributed by atoms with Crippen molar-refractivity contribution >= 4 is 5.69 Å². The minimum Gasteiger partial charge on any atom is -0.369 e. The summed E-state index contributed by atoms with van der Waals surface area (Å²) < 4.78 is 0. The molecule has 1 aromatic rings. The Bertz CT molecular complexity index is 394. The molecular formula is C16H26N2. The van der Waals surface area contributed by atoms with Gasteiger partial charge >= 0.3 is 0 Å². The predicted octanol–water partition coefficient (Wildman–Crippen LogP) is 3.12. The van der Waals surface area contributed by atoms with E-state index in [0.717, 1.165) is 18.9 Å². The molecule has 0 heterocycles. The monoisotopic (exact) mass is 246 g/mol. The van der Waals surface area contributed by atoms with Crippen molar-refractivity contribution in [2.75, 3.05) is 18.0 Å². The molecule has 1 aliphatic rings. The first kappa shape index (κ1) is 13.4. The average Bonchev–Trinajstić information content (AvgIpc) is 3.11. The van der Waals surface area contributed by atoms with Gasteiger partial charge in [0.2, 0.25) is 0 Å². The van der Waals surface area contributed by atoms with E-state index in [1.165, 1.54) is 36.2 Å². The Morgan fingerprint density at radius 1 is 1.33 bits per heavy atom. The lowest BCUT2D eigenvalue weighted by Crippen LogP contribution is -2.33. The Morgan fingerprint density at radius 2 is 2.06 bits per heavy atom. The second-order valence-electron chi connectivity index (χ2n) is 5.86. The van der Waals surface area contributed by atoms with Crippen LogP contribution in [-0.4, -0.2) is 19.1 Å². The van der Waals surface area contributed by atoms with Gasteiger partial charge in [-0.25, -0.2) is 0 Å². The Kier molecular flexibility index (Phi) is 4.28. The van der Waals surface area contributed by atoms with Crippen molar-refractivity contribution in [3.63, 3.8) is 0 Å². The molecule has 0 saturated heterocycles. The first-order valence-electron chi connectivity index (χ1n) is 7.18. The van der Waals surface area contributed by atoms with Gasteiger partial charge in [0.25, 0.3) is 0 Å². The third-order valence-corrected chi connectivity index (χ3v) is 3.73. The van der Waals surface area contributed by atoms with E-state index in [-0.39, 0.29) is 0 Å². The molecule has 2 N–H and O–H groups in total. The fourth-order valence-corrected chi connectivity index (χ4v) is 2.52. The second-order valence-corrected chi connectivity index (χ2v) is 5.86. The van der Waals surface area contributed by atoms with Crippen LogP contribution in [0.3, 0.4) is 0 Å². The summed E-state index contributed by atoms with van der Waals surface area (Å²) in [6, 6.07) is 7.36. The fraction of sp³-hybridized carbons (Fsp3) is 0.625. The number of hydrogen-bond donors (Lipinski definition) is 1. The third-order valence-electron chi connectivity index (χ3n) is 3.73. The van der Waals surface area contributed by atoms with Crippen LogP contribution in [0.5, 0.6) is 0 Å². The third kappa shape index (κ3) is 3.26. The Hall–Kier alpha value is -1.02. The molecule has 1 aliphatic carbocycles. The Morgan fingerprint density at radius 3 is 2.61 bits per heavy atom. The van der Waals surface area contributed by atoms with Gasteiger partial charge < -0.3 is 10.6 Å². The van der Waals surface area contributed by atoms with Gasteiger partial charge in [-0.3, -0.25) is 0 Å². The molecule has 2 heteroatoms. The number of hydrogen-bond acceptors (Lipinski definition) is 2. The maximum atomic E-state index is 5.75. The molecule has 100 valence electrons. The number of rotatable bonds is 6. The fourth-order valence-electron chi connectivity index (χ4n) is 2.52. The van der Waals surface area contributed by atoms with E-state index in [1.54, 1.807) is 0 Å². The van der Waals surface area contributed by atoms with Gasteiger partial charge in [-0.15, -0.1) is 0 Å². The van der Waals surface area contributed by atoms with Crippen LogP contribution >= 0.6 is 0 Å². The van der Waals surface area contributed by atoms with Crippen LogP contribution in [-0.2, 0) is 6.42 Å². The summed E-state index contributed by atoms with van der Waals surface area (Å²) in [6.07, 6.45) is 3.79. The summed E-state index contributed by atoms with van der Waals surface area (Å²) in [4.78, 5) is 2.56. The van der Waals surface area contributed by atoms with Crippen molar-refractivity contribution in [3.8, 4) is 0 Å². The van der Waals surface area contributed by atoms with E-state index in [2.05, 4.69) is 43.9 Å². The molecular weight excluding hydrogens is 220 g/mol. The molecule has 0 unspecified atom stereocenters. The smallest absolute Gasteiger partial charge is 0.0401 e. The van der Waals surface area contributed by atoms with Crippen LogP contribution in [0.4, 0.5) is 5.69 Å². The van der Waals surface area contributed by atoms with Crippen molar-refractivity contribution in [1.29, 1.82) is 0 Å². The molecule has 1 saturated carbocycles. The van der Waals surface area contributed by atoms with Crippen molar-refractivity contribution in [2.24, 2.45) is 11.7 Å². The van der Waals surface area contributed by atoms with Gasteiger partial charge in [0.15, 0.2) is 0 Å². The van der Waals surface area contributed by atoms with Gasteiger partial charge in [0.1, 0.15) is 0 Å². The summed E-state index contributed by atoms with van der Waals surface area (Å²) in [7, 11) is 0. The maximum absolute atomic E-state index is 5.75. The second kappa shape index (κ2) is 5.75. The number of anilines is 1. The van der Waals surface area contributed by atoms with Crippen molar-refractivity contribution < 1.29 is 0 Å². The first-order chi connectivity index (χ1) is 8.61. The molecule has 0 aromatic heterocycles. The maximum Gasteiger partial charge on any atom is 0.0401 e. The highest BCUT2D eigenvalue weighted by Crippen LogP contribution is 2.33. The van der Waals surface area contributed by atoms with Crippen LogP contribution < -0.4 is 10.6 Å². The van der Waals surface area contributed by atoms with Gasteiger partial charge in [-0.2, -0.15) is 0 Å².